The third-order valence-electron chi connectivity index (χ3n) is 0.863. The summed E-state index contributed by atoms with van der Waals surface area (Å²) in [7, 11) is 0. The van der Waals surface area contributed by atoms with Gasteiger partial charge in [-0.05, 0) is 3.93 Å². The highest BCUT2D eigenvalue weighted by atomic mass is 127. The molecule has 0 amide bonds. The Morgan fingerprint density at radius 3 is 2.50 bits per heavy atom. The van der Waals surface area contributed by atoms with Crippen molar-refractivity contribution in [3.8, 4) is 9.85 Å². The maximum absolute atomic E-state index is 5.25. The lowest BCUT2D eigenvalue weighted by molar-refractivity contribution is 1.17. The molecule has 50 valence electrons. The van der Waals surface area contributed by atoms with Gasteiger partial charge in [-0.1, -0.05) is 5.92 Å². The van der Waals surface area contributed by atoms with Crippen molar-refractivity contribution in [1.29, 1.82) is 0 Å². The second kappa shape index (κ2) is 3.37. The standard InChI is InChI=1S/C6H4IN3/c7-2-1-5-3-9-6(8)10-4-5/h3-4H,(H2,8,9,10). The maximum atomic E-state index is 5.25. The molecule has 0 unspecified atom stereocenters. The number of nitrogens with two attached hydrogens (primary N) is 1. The van der Waals surface area contributed by atoms with Gasteiger partial charge >= 0.3 is 0 Å². The Hall–Kier alpha value is -0.830. The average molecular weight is 245 g/mol. The van der Waals surface area contributed by atoms with Crippen LogP contribution in [0.4, 0.5) is 5.95 Å². The fourth-order valence-electron chi connectivity index (χ4n) is 0.457. The van der Waals surface area contributed by atoms with Gasteiger partial charge in [0.2, 0.25) is 5.95 Å². The van der Waals surface area contributed by atoms with E-state index in [4.69, 9.17) is 5.73 Å². The summed E-state index contributed by atoms with van der Waals surface area (Å²) in [4.78, 5) is 7.52. The number of nitrogens with zero attached hydrogens (tertiary/aromatic N) is 2. The van der Waals surface area contributed by atoms with Gasteiger partial charge in [0.15, 0.2) is 0 Å². The van der Waals surface area contributed by atoms with E-state index in [0.29, 0.717) is 0 Å². The Morgan fingerprint density at radius 2 is 2.00 bits per heavy atom. The lowest BCUT2D eigenvalue weighted by atomic mass is 10.4. The van der Waals surface area contributed by atoms with Crippen LogP contribution in [0.3, 0.4) is 0 Å². The molecular weight excluding hydrogens is 241 g/mol. The highest BCUT2D eigenvalue weighted by molar-refractivity contribution is 14.1. The van der Waals surface area contributed by atoms with E-state index >= 15 is 0 Å². The smallest absolute Gasteiger partial charge is 0.219 e. The van der Waals surface area contributed by atoms with E-state index in [0.717, 1.165) is 5.56 Å². The van der Waals surface area contributed by atoms with E-state index in [9.17, 15) is 0 Å². The molecule has 1 rings (SSSR count). The minimum absolute atomic E-state index is 0.277. The molecule has 0 spiro atoms. The van der Waals surface area contributed by atoms with Crippen molar-refractivity contribution in [2.45, 2.75) is 0 Å². The summed E-state index contributed by atoms with van der Waals surface area (Å²) in [6.07, 6.45) is 3.18. The Labute approximate surface area is 72.2 Å². The zero-order valence-electron chi connectivity index (χ0n) is 5.00. The van der Waals surface area contributed by atoms with E-state index < -0.39 is 0 Å². The molecule has 4 heteroatoms. The van der Waals surface area contributed by atoms with Crippen LogP contribution in [0.1, 0.15) is 5.56 Å². The van der Waals surface area contributed by atoms with E-state index in [1.807, 2.05) is 22.6 Å². The topological polar surface area (TPSA) is 51.8 Å². The van der Waals surface area contributed by atoms with Gasteiger partial charge < -0.3 is 5.73 Å². The number of rotatable bonds is 0. The first-order valence-electron chi connectivity index (χ1n) is 2.52. The quantitative estimate of drug-likeness (QED) is 0.543. The number of nitrogen functional groups attached to an aromatic ring is 1. The molecule has 2 N–H and O–H groups in total. The van der Waals surface area contributed by atoms with E-state index in [-0.39, 0.29) is 5.95 Å². The molecule has 10 heavy (non-hydrogen) atoms. The van der Waals surface area contributed by atoms with Gasteiger partial charge in [-0.2, -0.15) is 0 Å². The van der Waals surface area contributed by atoms with Crippen molar-refractivity contribution in [2.75, 3.05) is 5.73 Å². The van der Waals surface area contributed by atoms with Crippen molar-refractivity contribution >= 4 is 28.5 Å². The van der Waals surface area contributed by atoms with Gasteiger partial charge in [-0.25, -0.2) is 9.97 Å². The monoisotopic (exact) mass is 245 g/mol. The van der Waals surface area contributed by atoms with E-state index in [1.54, 1.807) is 12.4 Å². The summed E-state index contributed by atoms with van der Waals surface area (Å²) in [5.41, 5.74) is 6.03. The van der Waals surface area contributed by atoms with Crippen molar-refractivity contribution in [3.63, 3.8) is 0 Å². The van der Waals surface area contributed by atoms with Crippen LogP contribution in [0.5, 0.6) is 0 Å². The van der Waals surface area contributed by atoms with E-state index in [2.05, 4.69) is 19.8 Å². The zero-order chi connectivity index (χ0) is 7.40. The molecular formula is C6H4IN3. The van der Waals surface area contributed by atoms with Crippen molar-refractivity contribution in [1.82, 2.24) is 9.97 Å². The number of aromatic nitrogens is 2. The van der Waals surface area contributed by atoms with Gasteiger partial charge in [0.05, 0.1) is 5.56 Å². The predicted molar refractivity (Wildman–Crippen MR) is 47.3 cm³/mol. The van der Waals surface area contributed by atoms with Crippen LogP contribution < -0.4 is 5.73 Å². The normalized spacial score (nSPS) is 8.10. The molecule has 1 heterocycles. The SMILES string of the molecule is Nc1ncc(C#CI)cn1. The molecule has 0 saturated carbocycles. The van der Waals surface area contributed by atoms with Crippen LogP contribution in [0.15, 0.2) is 12.4 Å². The molecule has 0 aliphatic carbocycles. The summed E-state index contributed by atoms with van der Waals surface area (Å²) >= 11 is 1.95. The fraction of sp³-hybridized carbons (Fsp3) is 0. The lowest BCUT2D eigenvalue weighted by Gasteiger charge is -1.88. The molecule has 0 atom stereocenters. The molecule has 1 aromatic rings. The second-order valence-corrected chi connectivity index (χ2v) is 2.09. The molecule has 0 aliphatic heterocycles. The average Bonchev–Trinajstić information content (AvgIpc) is 1.95. The minimum Gasteiger partial charge on any atom is -0.368 e. The first-order valence-corrected chi connectivity index (χ1v) is 3.60. The van der Waals surface area contributed by atoms with Crippen LogP contribution >= 0.6 is 22.6 Å². The number of hydrogen-bond acceptors (Lipinski definition) is 3. The molecule has 0 fully saturated rings. The Morgan fingerprint density at radius 1 is 1.40 bits per heavy atom. The highest BCUT2D eigenvalue weighted by Crippen LogP contribution is 1.93. The zero-order valence-corrected chi connectivity index (χ0v) is 7.16. The van der Waals surface area contributed by atoms with Crippen LogP contribution in [0.25, 0.3) is 0 Å². The van der Waals surface area contributed by atoms with Crippen molar-refractivity contribution in [2.24, 2.45) is 0 Å². The van der Waals surface area contributed by atoms with Gasteiger partial charge in [0, 0.05) is 35.0 Å². The minimum atomic E-state index is 0.277. The molecule has 3 nitrogen and oxygen atoms in total. The molecule has 0 saturated heterocycles. The summed E-state index contributed by atoms with van der Waals surface area (Å²) < 4.78 is 2.70. The molecule has 0 radical (unpaired) electrons. The van der Waals surface area contributed by atoms with Crippen LogP contribution in [0.2, 0.25) is 0 Å². The summed E-state index contributed by atoms with van der Waals surface area (Å²) in [6.45, 7) is 0. The Bertz CT molecular complexity index is 269. The first-order chi connectivity index (χ1) is 4.83. The highest BCUT2D eigenvalue weighted by Gasteiger charge is 1.86. The largest absolute Gasteiger partial charge is 0.368 e. The number of halogens is 1. The third-order valence-corrected chi connectivity index (χ3v) is 1.13. The Kier molecular flexibility index (Phi) is 2.45. The van der Waals surface area contributed by atoms with Gasteiger partial charge in [0.25, 0.3) is 0 Å². The van der Waals surface area contributed by atoms with Crippen LogP contribution in [-0.2, 0) is 0 Å². The van der Waals surface area contributed by atoms with Crippen LogP contribution in [0, 0.1) is 9.85 Å². The summed E-state index contributed by atoms with van der Waals surface area (Å²) in [5.74, 6) is 3.07. The molecule has 1 aromatic heterocycles. The molecule has 0 bridgehead atoms. The van der Waals surface area contributed by atoms with Gasteiger partial charge in [-0.3, -0.25) is 0 Å². The van der Waals surface area contributed by atoms with Crippen molar-refractivity contribution in [3.05, 3.63) is 18.0 Å². The van der Waals surface area contributed by atoms with E-state index in [1.165, 1.54) is 0 Å². The third kappa shape index (κ3) is 1.84. The van der Waals surface area contributed by atoms with Gasteiger partial charge in [-0.15, -0.1) is 0 Å². The van der Waals surface area contributed by atoms with Gasteiger partial charge in [0.1, 0.15) is 0 Å². The first kappa shape index (κ1) is 7.28. The summed E-state index contributed by atoms with van der Waals surface area (Å²) in [6, 6.07) is 0. The number of hydrogen-bond donors (Lipinski definition) is 1. The van der Waals surface area contributed by atoms with Crippen molar-refractivity contribution < 1.29 is 0 Å². The summed E-state index contributed by atoms with van der Waals surface area (Å²) in [5, 5.41) is 0. The predicted octanol–water partition coefficient (Wildman–Crippen LogP) is 0.803. The second-order valence-electron chi connectivity index (χ2n) is 1.55. The molecule has 0 aliphatic rings. The fourth-order valence-corrected chi connectivity index (χ4v) is 0.769. The molecule has 0 aromatic carbocycles. The Balaban J connectivity index is 2.97. The lowest BCUT2D eigenvalue weighted by Crippen LogP contribution is -1.93. The van der Waals surface area contributed by atoms with Crippen LogP contribution in [-0.4, -0.2) is 9.97 Å². The number of anilines is 1. The maximum Gasteiger partial charge on any atom is 0.219 e.